The molecule has 1 aromatic carbocycles. The summed E-state index contributed by atoms with van der Waals surface area (Å²) in [4.78, 5) is 0.234. The summed E-state index contributed by atoms with van der Waals surface area (Å²) < 4.78 is 27.2. The van der Waals surface area contributed by atoms with E-state index in [2.05, 4.69) is 26.9 Å². The van der Waals surface area contributed by atoms with Gasteiger partial charge in [0.15, 0.2) is 0 Å². The average Bonchev–Trinajstić information content (AvgIpc) is 2.36. The van der Waals surface area contributed by atoms with Gasteiger partial charge in [-0.25, -0.2) is 13.1 Å². The fraction of sp³-hybridized carbons (Fsp3) is 0.500. The van der Waals surface area contributed by atoms with E-state index in [1.807, 2.05) is 11.8 Å². The van der Waals surface area contributed by atoms with Crippen LogP contribution in [0.25, 0.3) is 0 Å². The van der Waals surface area contributed by atoms with Crippen LogP contribution in [-0.2, 0) is 10.0 Å². The van der Waals surface area contributed by atoms with E-state index in [1.165, 1.54) is 12.1 Å². The molecule has 0 radical (unpaired) electrons. The minimum Gasteiger partial charge on any atom is -0.398 e. The fourth-order valence-corrected chi connectivity index (χ4v) is 3.64. The first kappa shape index (κ1) is 16.8. The lowest BCUT2D eigenvalue weighted by Crippen LogP contribution is -2.24. The van der Waals surface area contributed by atoms with Gasteiger partial charge >= 0.3 is 0 Å². The van der Waals surface area contributed by atoms with Gasteiger partial charge in [0.1, 0.15) is 0 Å². The van der Waals surface area contributed by atoms with E-state index in [4.69, 9.17) is 5.73 Å². The molecule has 0 aromatic heterocycles. The molecule has 0 aliphatic rings. The number of unbranched alkanes of at least 4 members (excludes halogenated alkanes) is 2. The zero-order chi connectivity index (χ0) is 14.3. The molecule has 1 aromatic rings. The zero-order valence-corrected chi connectivity index (χ0v) is 14.1. The maximum Gasteiger partial charge on any atom is 0.240 e. The third-order valence-corrected chi connectivity index (χ3v) is 5.44. The maximum absolute atomic E-state index is 12.0. The molecule has 0 saturated heterocycles. The highest BCUT2D eigenvalue weighted by atomic mass is 79.9. The van der Waals surface area contributed by atoms with E-state index in [9.17, 15) is 8.42 Å². The lowest BCUT2D eigenvalue weighted by Gasteiger charge is -2.08. The summed E-state index contributed by atoms with van der Waals surface area (Å²) in [5.74, 6) is 1.12. The second-order valence-corrected chi connectivity index (χ2v) is 7.74. The summed E-state index contributed by atoms with van der Waals surface area (Å²) in [5.41, 5.74) is 6.16. The molecule has 0 aliphatic heterocycles. The molecule has 0 saturated carbocycles. The van der Waals surface area contributed by atoms with Gasteiger partial charge < -0.3 is 5.73 Å². The van der Waals surface area contributed by atoms with Crippen LogP contribution in [0.4, 0.5) is 5.69 Å². The Morgan fingerprint density at radius 3 is 2.68 bits per heavy atom. The number of benzene rings is 1. The molecule has 19 heavy (non-hydrogen) atoms. The van der Waals surface area contributed by atoms with Gasteiger partial charge in [-0.05, 0) is 59.0 Å². The lowest BCUT2D eigenvalue weighted by molar-refractivity contribution is 0.576. The van der Waals surface area contributed by atoms with Crippen LogP contribution in [-0.4, -0.2) is 27.0 Å². The molecule has 0 aliphatic carbocycles. The smallest absolute Gasteiger partial charge is 0.240 e. The number of thioether (sulfide) groups is 1. The van der Waals surface area contributed by atoms with Gasteiger partial charge in [-0.2, -0.15) is 11.8 Å². The Morgan fingerprint density at radius 1 is 1.32 bits per heavy atom. The minimum absolute atomic E-state index is 0.234. The van der Waals surface area contributed by atoms with Crippen molar-refractivity contribution in [3.63, 3.8) is 0 Å². The summed E-state index contributed by atoms with van der Waals surface area (Å²) in [7, 11) is -3.43. The van der Waals surface area contributed by atoms with Crippen molar-refractivity contribution in [1.82, 2.24) is 4.72 Å². The number of hydrogen-bond donors (Lipinski definition) is 2. The molecular weight excluding hydrogens is 348 g/mol. The molecule has 7 heteroatoms. The molecule has 0 heterocycles. The molecule has 108 valence electrons. The van der Waals surface area contributed by atoms with Crippen LogP contribution in [0.2, 0.25) is 0 Å². The molecule has 0 amide bonds. The van der Waals surface area contributed by atoms with Gasteiger partial charge in [0.2, 0.25) is 10.0 Å². The standard InChI is InChI=1S/C12H19BrN2O2S2/c1-18-8-4-2-3-7-15-19(16,17)10-5-6-12(14)11(13)9-10/h5-6,9,15H,2-4,7-8,14H2,1H3. The van der Waals surface area contributed by atoms with Crippen molar-refractivity contribution in [2.24, 2.45) is 0 Å². The number of nitrogens with two attached hydrogens (primary N) is 1. The van der Waals surface area contributed by atoms with Gasteiger partial charge in [0.05, 0.1) is 4.90 Å². The second-order valence-electron chi connectivity index (χ2n) is 4.13. The first-order valence-corrected chi connectivity index (χ1v) is 9.68. The summed E-state index contributed by atoms with van der Waals surface area (Å²) in [6, 6.07) is 4.61. The van der Waals surface area contributed by atoms with Gasteiger partial charge in [0.25, 0.3) is 0 Å². The number of sulfonamides is 1. The van der Waals surface area contributed by atoms with Crippen molar-refractivity contribution in [3.8, 4) is 0 Å². The van der Waals surface area contributed by atoms with Gasteiger partial charge in [-0.1, -0.05) is 6.42 Å². The maximum atomic E-state index is 12.0. The Morgan fingerprint density at radius 2 is 2.05 bits per heavy atom. The Bertz CT molecular complexity index is 506. The van der Waals surface area contributed by atoms with E-state index >= 15 is 0 Å². The first-order valence-electron chi connectivity index (χ1n) is 6.01. The molecule has 0 bridgehead atoms. The van der Waals surface area contributed by atoms with Crippen LogP contribution in [0.3, 0.4) is 0 Å². The van der Waals surface area contributed by atoms with E-state index in [0.29, 0.717) is 16.7 Å². The number of nitrogens with one attached hydrogen (secondary N) is 1. The van der Waals surface area contributed by atoms with Crippen LogP contribution < -0.4 is 10.5 Å². The second kappa shape index (κ2) is 8.14. The molecule has 0 unspecified atom stereocenters. The summed E-state index contributed by atoms with van der Waals surface area (Å²) >= 11 is 5.04. The topological polar surface area (TPSA) is 72.2 Å². The zero-order valence-electron chi connectivity index (χ0n) is 10.9. The minimum atomic E-state index is -3.43. The van der Waals surface area contributed by atoms with Crippen molar-refractivity contribution < 1.29 is 8.42 Å². The molecule has 1 rings (SSSR count). The molecule has 0 spiro atoms. The monoisotopic (exact) mass is 366 g/mol. The molecule has 0 fully saturated rings. The van der Waals surface area contributed by atoms with Crippen LogP contribution in [0.15, 0.2) is 27.6 Å². The molecular formula is C12H19BrN2O2S2. The van der Waals surface area contributed by atoms with Crippen molar-refractivity contribution in [3.05, 3.63) is 22.7 Å². The summed E-state index contributed by atoms with van der Waals surface area (Å²) in [6.07, 6.45) is 5.09. The SMILES string of the molecule is CSCCCCCNS(=O)(=O)c1ccc(N)c(Br)c1. The Kier molecular flexibility index (Phi) is 7.20. The third-order valence-electron chi connectivity index (χ3n) is 2.60. The Balaban J connectivity index is 2.49. The van der Waals surface area contributed by atoms with Gasteiger partial charge in [0, 0.05) is 16.7 Å². The largest absolute Gasteiger partial charge is 0.398 e. The highest BCUT2D eigenvalue weighted by molar-refractivity contribution is 9.10. The van der Waals surface area contributed by atoms with Crippen LogP contribution >= 0.6 is 27.7 Å². The number of anilines is 1. The normalized spacial score (nSPS) is 11.7. The van der Waals surface area contributed by atoms with E-state index in [-0.39, 0.29) is 4.90 Å². The average molecular weight is 367 g/mol. The number of hydrogen-bond acceptors (Lipinski definition) is 4. The number of rotatable bonds is 8. The Labute approximate surface area is 127 Å². The Hall–Kier alpha value is -0.240. The quantitative estimate of drug-likeness (QED) is 0.548. The summed E-state index contributed by atoms with van der Waals surface area (Å²) in [6.45, 7) is 0.471. The van der Waals surface area contributed by atoms with Gasteiger partial charge in [-0.15, -0.1) is 0 Å². The molecule has 4 nitrogen and oxygen atoms in total. The molecule has 0 atom stereocenters. The lowest BCUT2D eigenvalue weighted by atomic mass is 10.2. The van der Waals surface area contributed by atoms with Crippen molar-refractivity contribution in [1.29, 1.82) is 0 Å². The van der Waals surface area contributed by atoms with Crippen molar-refractivity contribution in [2.45, 2.75) is 24.2 Å². The van der Waals surface area contributed by atoms with Crippen LogP contribution in [0.1, 0.15) is 19.3 Å². The van der Waals surface area contributed by atoms with Crippen molar-refractivity contribution >= 4 is 43.4 Å². The summed E-state index contributed by atoms with van der Waals surface area (Å²) in [5, 5.41) is 0. The highest BCUT2D eigenvalue weighted by Crippen LogP contribution is 2.22. The van der Waals surface area contributed by atoms with Crippen LogP contribution in [0.5, 0.6) is 0 Å². The predicted molar refractivity (Wildman–Crippen MR) is 86.0 cm³/mol. The molecule has 3 N–H and O–H groups in total. The van der Waals surface area contributed by atoms with E-state index in [0.717, 1.165) is 25.0 Å². The van der Waals surface area contributed by atoms with Gasteiger partial charge in [-0.3, -0.25) is 0 Å². The first-order chi connectivity index (χ1) is 8.97. The van der Waals surface area contributed by atoms with E-state index in [1.54, 1.807) is 6.07 Å². The number of nitrogen functional groups attached to an aromatic ring is 1. The van der Waals surface area contributed by atoms with E-state index < -0.39 is 10.0 Å². The fourth-order valence-electron chi connectivity index (χ4n) is 1.51. The number of halogens is 1. The highest BCUT2D eigenvalue weighted by Gasteiger charge is 2.14. The van der Waals surface area contributed by atoms with Crippen molar-refractivity contribution in [2.75, 3.05) is 24.3 Å². The van der Waals surface area contributed by atoms with Crippen LogP contribution in [0, 0.1) is 0 Å². The predicted octanol–water partition coefficient (Wildman–Crippen LogP) is 2.84. The third kappa shape index (κ3) is 5.72.